The fourth-order valence-electron chi connectivity index (χ4n) is 2.96. The lowest BCUT2D eigenvalue weighted by Crippen LogP contribution is -2.30. The Labute approximate surface area is 157 Å². The van der Waals surface area contributed by atoms with E-state index in [0.717, 1.165) is 22.4 Å². The van der Waals surface area contributed by atoms with Crippen LogP contribution in [0, 0.1) is 6.92 Å². The lowest BCUT2D eigenvalue weighted by molar-refractivity contribution is 0.159. The number of carbonyl (C=O) groups excluding carboxylic acids is 1. The van der Waals surface area contributed by atoms with E-state index in [0.29, 0.717) is 32.2 Å². The highest BCUT2D eigenvalue weighted by Gasteiger charge is 2.21. The molecule has 1 saturated heterocycles. The Balaban J connectivity index is 1.57. The van der Waals surface area contributed by atoms with Gasteiger partial charge in [-0.1, -0.05) is 29.8 Å². The molecule has 3 heterocycles. The normalized spacial score (nSPS) is 13.7. The summed E-state index contributed by atoms with van der Waals surface area (Å²) < 4.78 is 10.2. The molecule has 0 saturated carbocycles. The van der Waals surface area contributed by atoms with Gasteiger partial charge in [0.05, 0.1) is 24.8 Å². The molecule has 0 radical (unpaired) electrons. The molecule has 1 amide bonds. The summed E-state index contributed by atoms with van der Waals surface area (Å²) in [6.07, 6.45) is 4.84. The second-order valence-corrected chi connectivity index (χ2v) is 6.36. The number of hydrogen-bond donors (Lipinski definition) is 1. The highest BCUT2D eigenvalue weighted by atomic mass is 16.6. The summed E-state index contributed by atoms with van der Waals surface area (Å²) >= 11 is 0. The minimum Gasteiger partial charge on any atom is -0.472 e. The number of cyclic esters (lactones) is 1. The molecule has 1 N–H and O–H groups in total. The van der Waals surface area contributed by atoms with Crippen LogP contribution in [-0.2, 0) is 4.74 Å². The predicted octanol–water partition coefficient (Wildman–Crippen LogP) is 3.58. The molecule has 27 heavy (non-hydrogen) atoms. The number of benzene rings is 1. The Morgan fingerprint density at radius 2 is 2.04 bits per heavy atom. The standard InChI is InChI=1S/C20H20N4O3/c1-14-2-4-15(5-3-14)18-17(16-6-10-26-13-16)12-22-19(23-18)21-7-8-24-9-11-27-20(24)25/h2-6,10,12-13H,7-9,11H2,1H3,(H,21,22,23). The molecule has 0 atom stereocenters. The van der Waals surface area contributed by atoms with E-state index in [-0.39, 0.29) is 6.09 Å². The quantitative estimate of drug-likeness (QED) is 0.720. The lowest BCUT2D eigenvalue weighted by Gasteiger charge is -2.14. The van der Waals surface area contributed by atoms with Crippen molar-refractivity contribution in [2.24, 2.45) is 0 Å². The summed E-state index contributed by atoms with van der Waals surface area (Å²) in [5.41, 5.74) is 4.85. The summed E-state index contributed by atoms with van der Waals surface area (Å²) in [5, 5.41) is 3.19. The number of carbonyl (C=O) groups is 1. The maximum atomic E-state index is 11.5. The fraction of sp³-hybridized carbons (Fsp3) is 0.250. The Morgan fingerprint density at radius 3 is 2.74 bits per heavy atom. The van der Waals surface area contributed by atoms with Crippen LogP contribution in [-0.4, -0.2) is 47.2 Å². The zero-order valence-corrected chi connectivity index (χ0v) is 15.0. The van der Waals surface area contributed by atoms with Crippen molar-refractivity contribution >= 4 is 12.0 Å². The number of rotatable bonds is 6. The first-order valence-corrected chi connectivity index (χ1v) is 8.83. The first-order valence-electron chi connectivity index (χ1n) is 8.83. The lowest BCUT2D eigenvalue weighted by atomic mass is 10.0. The topological polar surface area (TPSA) is 80.5 Å². The molecular weight excluding hydrogens is 344 g/mol. The van der Waals surface area contributed by atoms with Crippen molar-refractivity contribution in [3.05, 3.63) is 54.6 Å². The molecule has 1 fully saturated rings. The first-order chi connectivity index (χ1) is 13.2. The molecule has 7 nitrogen and oxygen atoms in total. The minimum atomic E-state index is -0.270. The monoisotopic (exact) mass is 364 g/mol. The molecule has 4 rings (SSSR count). The Hall–Kier alpha value is -3.35. The van der Waals surface area contributed by atoms with Crippen LogP contribution in [0.2, 0.25) is 0 Å². The summed E-state index contributed by atoms with van der Waals surface area (Å²) in [5.74, 6) is 0.519. The average molecular weight is 364 g/mol. The van der Waals surface area contributed by atoms with Gasteiger partial charge in [-0.3, -0.25) is 0 Å². The molecule has 0 spiro atoms. The van der Waals surface area contributed by atoms with E-state index in [9.17, 15) is 4.79 Å². The number of aryl methyl sites for hydroxylation is 1. The third-order valence-electron chi connectivity index (χ3n) is 4.46. The van der Waals surface area contributed by atoms with Crippen LogP contribution in [0.15, 0.2) is 53.5 Å². The number of nitrogens with one attached hydrogen (secondary N) is 1. The van der Waals surface area contributed by atoms with Gasteiger partial charge in [0.1, 0.15) is 6.61 Å². The SMILES string of the molecule is Cc1ccc(-c2nc(NCCN3CCOC3=O)ncc2-c2ccoc2)cc1. The Bertz CT molecular complexity index is 923. The van der Waals surface area contributed by atoms with Crippen molar-refractivity contribution in [2.75, 3.05) is 31.6 Å². The molecule has 0 aliphatic carbocycles. The molecule has 1 aliphatic heterocycles. The van der Waals surface area contributed by atoms with Crippen LogP contribution in [0.4, 0.5) is 10.7 Å². The molecule has 2 aromatic heterocycles. The summed E-state index contributed by atoms with van der Waals surface area (Å²) in [6, 6.07) is 10.1. The molecule has 138 valence electrons. The van der Waals surface area contributed by atoms with Gasteiger partial charge in [0.2, 0.25) is 5.95 Å². The fourth-order valence-corrected chi connectivity index (χ4v) is 2.96. The number of aromatic nitrogens is 2. The van der Waals surface area contributed by atoms with Crippen LogP contribution >= 0.6 is 0 Å². The van der Waals surface area contributed by atoms with E-state index in [1.165, 1.54) is 5.56 Å². The van der Waals surface area contributed by atoms with Gasteiger partial charge >= 0.3 is 6.09 Å². The minimum absolute atomic E-state index is 0.270. The number of ether oxygens (including phenoxy) is 1. The molecule has 0 bridgehead atoms. The molecular formula is C20H20N4O3. The highest BCUT2D eigenvalue weighted by molar-refractivity contribution is 5.80. The smallest absolute Gasteiger partial charge is 0.409 e. The van der Waals surface area contributed by atoms with E-state index < -0.39 is 0 Å². The van der Waals surface area contributed by atoms with Gasteiger partial charge in [0.25, 0.3) is 0 Å². The van der Waals surface area contributed by atoms with Crippen molar-refractivity contribution in [3.8, 4) is 22.4 Å². The van der Waals surface area contributed by atoms with Crippen LogP contribution < -0.4 is 5.32 Å². The third kappa shape index (κ3) is 3.76. The molecule has 3 aromatic rings. The first kappa shape index (κ1) is 17.1. The number of amides is 1. The number of anilines is 1. The van der Waals surface area contributed by atoms with Gasteiger partial charge in [-0.05, 0) is 13.0 Å². The van der Waals surface area contributed by atoms with Crippen LogP contribution in [0.3, 0.4) is 0 Å². The van der Waals surface area contributed by atoms with E-state index in [4.69, 9.17) is 14.1 Å². The van der Waals surface area contributed by atoms with Crippen molar-refractivity contribution in [3.63, 3.8) is 0 Å². The van der Waals surface area contributed by atoms with Gasteiger partial charge in [-0.2, -0.15) is 0 Å². The molecule has 1 aliphatic rings. The second kappa shape index (κ2) is 7.49. The largest absolute Gasteiger partial charge is 0.472 e. The predicted molar refractivity (Wildman–Crippen MR) is 101 cm³/mol. The third-order valence-corrected chi connectivity index (χ3v) is 4.46. The van der Waals surface area contributed by atoms with Crippen molar-refractivity contribution in [1.82, 2.24) is 14.9 Å². The molecule has 0 unspecified atom stereocenters. The number of hydrogen-bond acceptors (Lipinski definition) is 6. The van der Waals surface area contributed by atoms with Crippen LogP contribution in [0.5, 0.6) is 0 Å². The van der Waals surface area contributed by atoms with E-state index in [1.54, 1.807) is 23.6 Å². The van der Waals surface area contributed by atoms with E-state index in [2.05, 4.69) is 29.4 Å². The zero-order valence-electron chi connectivity index (χ0n) is 15.0. The highest BCUT2D eigenvalue weighted by Crippen LogP contribution is 2.31. The van der Waals surface area contributed by atoms with Gasteiger partial charge in [0, 0.05) is 36.0 Å². The van der Waals surface area contributed by atoms with Gasteiger partial charge in [-0.25, -0.2) is 14.8 Å². The maximum Gasteiger partial charge on any atom is 0.409 e. The van der Waals surface area contributed by atoms with Crippen LogP contribution in [0.1, 0.15) is 5.56 Å². The Kier molecular flexibility index (Phi) is 4.74. The second-order valence-electron chi connectivity index (χ2n) is 6.36. The van der Waals surface area contributed by atoms with E-state index in [1.807, 2.05) is 18.2 Å². The molecule has 1 aromatic carbocycles. The van der Waals surface area contributed by atoms with Crippen molar-refractivity contribution < 1.29 is 13.9 Å². The van der Waals surface area contributed by atoms with Crippen LogP contribution in [0.25, 0.3) is 22.4 Å². The van der Waals surface area contributed by atoms with Crippen molar-refractivity contribution in [2.45, 2.75) is 6.92 Å². The summed E-state index contributed by atoms with van der Waals surface area (Å²) in [7, 11) is 0. The average Bonchev–Trinajstić information content (AvgIpc) is 3.35. The Morgan fingerprint density at radius 1 is 1.19 bits per heavy atom. The molecule has 7 heteroatoms. The van der Waals surface area contributed by atoms with E-state index >= 15 is 0 Å². The summed E-state index contributed by atoms with van der Waals surface area (Å²) in [6.45, 7) is 4.22. The van der Waals surface area contributed by atoms with Gasteiger partial charge in [-0.15, -0.1) is 0 Å². The van der Waals surface area contributed by atoms with Crippen molar-refractivity contribution in [1.29, 1.82) is 0 Å². The van der Waals surface area contributed by atoms with Gasteiger partial charge < -0.3 is 19.4 Å². The van der Waals surface area contributed by atoms with Gasteiger partial charge in [0.15, 0.2) is 0 Å². The zero-order chi connectivity index (χ0) is 18.6. The number of nitrogens with zero attached hydrogens (tertiary/aromatic N) is 3. The maximum absolute atomic E-state index is 11.5. The number of furan rings is 1. The summed E-state index contributed by atoms with van der Waals surface area (Å²) in [4.78, 5) is 22.3.